The van der Waals surface area contributed by atoms with Crippen molar-refractivity contribution in [3.05, 3.63) is 36.0 Å². The van der Waals surface area contributed by atoms with Gasteiger partial charge in [-0.05, 0) is 18.2 Å². The molecule has 0 spiro atoms. The first-order valence-electron chi connectivity index (χ1n) is 4.52. The molecule has 2 rings (SSSR count). The van der Waals surface area contributed by atoms with Crippen LogP contribution in [0.15, 0.2) is 30.5 Å². The van der Waals surface area contributed by atoms with Gasteiger partial charge in [0, 0.05) is 17.6 Å². The molecule has 0 amide bonds. The molecule has 0 saturated carbocycles. The lowest BCUT2D eigenvalue weighted by Gasteiger charge is -2.07. The summed E-state index contributed by atoms with van der Waals surface area (Å²) in [6, 6.07) is 5.82. The minimum Gasteiger partial charge on any atom is -0.497 e. The van der Waals surface area contributed by atoms with E-state index < -0.39 is 11.7 Å². The number of benzene rings is 1. The van der Waals surface area contributed by atoms with E-state index in [1.54, 1.807) is 18.2 Å². The third kappa shape index (κ3) is 1.93. The van der Waals surface area contributed by atoms with Gasteiger partial charge < -0.3 is 4.74 Å². The van der Waals surface area contributed by atoms with Gasteiger partial charge in [-0.1, -0.05) is 0 Å². The fraction of sp³-hybridized carbons (Fsp3) is 0.182. The van der Waals surface area contributed by atoms with Crippen LogP contribution in [0.25, 0.3) is 10.9 Å². The van der Waals surface area contributed by atoms with Gasteiger partial charge in [0.2, 0.25) is 0 Å². The summed E-state index contributed by atoms with van der Waals surface area (Å²) in [5.41, 5.74) is -0.266. The molecule has 0 radical (unpaired) electrons. The summed E-state index contributed by atoms with van der Waals surface area (Å²) in [6.07, 6.45) is -3.54. The average molecular weight is 227 g/mol. The van der Waals surface area contributed by atoms with Gasteiger partial charge in [-0.25, -0.2) is 0 Å². The maximum absolute atomic E-state index is 12.4. The summed E-state index contributed by atoms with van der Waals surface area (Å²) in [7, 11) is 1.49. The Hall–Kier alpha value is -1.78. The second-order valence-electron chi connectivity index (χ2n) is 3.28. The summed E-state index contributed by atoms with van der Waals surface area (Å²) >= 11 is 0. The van der Waals surface area contributed by atoms with E-state index in [0.29, 0.717) is 16.7 Å². The lowest BCUT2D eigenvalue weighted by atomic mass is 10.1. The number of alkyl halides is 3. The number of aromatic nitrogens is 1. The smallest absolute Gasteiger partial charge is 0.417 e. The summed E-state index contributed by atoms with van der Waals surface area (Å²) in [4.78, 5) is 3.76. The SMILES string of the molecule is COc1ccc2cc(C(F)(F)F)cnc2c1. The van der Waals surface area contributed by atoms with Crippen LogP contribution in [-0.4, -0.2) is 12.1 Å². The molecule has 84 valence electrons. The number of halogens is 3. The predicted octanol–water partition coefficient (Wildman–Crippen LogP) is 3.26. The fourth-order valence-corrected chi connectivity index (χ4v) is 1.38. The molecule has 0 fully saturated rings. The topological polar surface area (TPSA) is 22.1 Å². The predicted molar refractivity (Wildman–Crippen MR) is 53.3 cm³/mol. The van der Waals surface area contributed by atoms with E-state index in [9.17, 15) is 13.2 Å². The highest BCUT2D eigenvalue weighted by molar-refractivity contribution is 5.80. The molecule has 0 saturated heterocycles. The Labute approximate surface area is 89.7 Å². The van der Waals surface area contributed by atoms with E-state index in [-0.39, 0.29) is 0 Å². The molecule has 0 atom stereocenters. The highest BCUT2D eigenvalue weighted by atomic mass is 19.4. The molecular weight excluding hydrogens is 219 g/mol. The van der Waals surface area contributed by atoms with Crippen LogP contribution in [0, 0.1) is 0 Å². The Kier molecular flexibility index (Phi) is 2.46. The molecule has 1 aromatic carbocycles. The number of fused-ring (bicyclic) bond motifs is 1. The minimum atomic E-state index is -4.36. The van der Waals surface area contributed by atoms with E-state index in [2.05, 4.69) is 4.98 Å². The number of hydrogen-bond donors (Lipinski definition) is 0. The van der Waals surface area contributed by atoms with E-state index in [0.717, 1.165) is 12.3 Å². The first-order chi connectivity index (χ1) is 7.50. The summed E-state index contributed by atoms with van der Waals surface area (Å²) < 4.78 is 42.1. The van der Waals surface area contributed by atoms with Crippen LogP contribution in [-0.2, 0) is 6.18 Å². The average Bonchev–Trinajstić information content (AvgIpc) is 2.26. The van der Waals surface area contributed by atoms with Gasteiger partial charge in [0.1, 0.15) is 5.75 Å². The molecular formula is C11H8F3NO. The number of nitrogens with zero attached hydrogens (tertiary/aromatic N) is 1. The van der Waals surface area contributed by atoms with Crippen molar-refractivity contribution in [3.8, 4) is 5.75 Å². The van der Waals surface area contributed by atoms with Crippen molar-refractivity contribution in [2.75, 3.05) is 7.11 Å². The number of ether oxygens (including phenoxy) is 1. The number of pyridine rings is 1. The van der Waals surface area contributed by atoms with E-state index in [1.165, 1.54) is 7.11 Å². The monoisotopic (exact) mass is 227 g/mol. The van der Waals surface area contributed by atoms with Gasteiger partial charge in [-0.15, -0.1) is 0 Å². The molecule has 2 aromatic rings. The Balaban J connectivity index is 2.56. The van der Waals surface area contributed by atoms with Crippen LogP contribution in [0.5, 0.6) is 5.75 Å². The summed E-state index contributed by atoms with van der Waals surface area (Å²) in [6.45, 7) is 0. The van der Waals surface area contributed by atoms with Crippen LogP contribution >= 0.6 is 0 Å². The van der Waals surface area contributed by atoms with Crippen molar-refractivity contribution in [2.45, 2.75) is 6.18 Å². The molecule has 0 bridgehead atoms. The molecule has 0 aliphatic rings. The Bertz CT molecular complexity index is 522. The fourth-order valence-electron chi connectivity index (χ4n) is 1.38. The Morgan fingerprint density at radius 2 is 1.94 bits per heavy atom. The van der Waals surface area contributed by atoms with Crippen LogP contribution < -0.4 is 4.74 Å². The Morgan fingerprint density at radius 3 is 2.56 bits per heavy atom. The van der Waals surface area contributed by atoms with Gasteiger partial charge in [0.05, 0.1) is 18.2 Å². The first kappa shape index (κ1) is 10.7. The van der Waals surface area contributed by atoms with Crippen LogP contribution in [0.2, 0.25) is 0 Å². The number of rotatable bonds is 1. The van der Waals surface area contributed by atoms with Crippen molar-refractivity contribution in [2.24, 2.45) is 0 Å². The zero-order chi connectivity index (χ0) is 11.8. The normalized spacial score (nSPS) is 11.8. The van der Waals surface area contributed by atoms with Crippen molar-refractivity contribution >= 4 is 10.9 Å². The van der Waals surface area contributed by atoms with E-state index in [1.807, 2.05) is 0 Å². The lowest BCUT2D eigenvalue weighted by Crippen LogP contribution is -2.05. The summed E-state index contributed by atoms with van der Waals surface area (Å²) in [5.74, 6) is 0.569. The maximum Gasteiger partial charge on any atom is 0.417 e. The zero-order valence-electron chi connectivity index (χ0n) is 8.38. The van der Waals surface area contributed by atoms with Gasteiger partial charge in [-0.2, -0.15) is 13.2 Å². The molecule has 0 aliphatic heterocycles. The van der Waals surface area contributed by atoms with Crippen molar-refractivity contribution in [1.82, 2.24) is 4.98 Å². The zero-order valence-corrected chi connectivity index (χ0v) is 8.38. The van der Waals surface area contributed by atoms with E-state index in [4.69, 9.17) is 4.74 Å². The maximum atomic E-state index is 12.4. The largest absolute Gasteiger partial charge is 0.497 e. The molecule has 16 heavy (non-hydrogen) atoms. The van der Waals surface area contributed by atoms with Crippen molar-refractivity contribution in [3.63, 3.8) is 0 Å². The standard InChI is InChI=1S/C11H8F3NO/c1-16-9-3-2-7-4-8(11(12,13)14)6-15-10(7)5-9/h2-6H,1H3. The molecule has 0 unspecified atom stereocenters. The quantitative estimate of drug-likeness (QED) is 0.745. The molecule has 1 aromatic heterocycles. The van der Waals surface area contributed by atoms with Crippen LogP contribution in [0.3, 0.4) is 0 Å². The minimum absolute atomic E-state index is 0.440. The third-order valence-electron chi connectivity index (χ3n) is 2.22. The highest BCUT2D eigenvalue weighted by Gasteiger charge is 2.30. The number of methoxy groups -OCH3 is 1. The molecule has 2 nitrogen and oxygen atoms in total. The van der Waals surface area contributed by atoms with Gasteiger partial charge in [-0.3, -0.25) is 4.98 Å². The third-order valence-corrected chi connectivity index (χ3v) is 2.22. The van der Waals surface area contributed by atoms with Crippen LogP contribution in [0.1, 0.15) is 5.56 Å². The van der Waals surface area contributed by atoms with Gasteiger partial charge in [0.25, 0.3) is 0 Å². The Morgan fingerprint density at radius 1 is 1.19 bits per heavy atom. The molecule has 5 heteroatoms. The molecule has 0 N–H and O–H groups in total. The first-order valence-corrected chi connectivity index (χ1v) is 4.52. The van der Waals surface area contributed by atoms with Crippen molar-refractivity contribution in [1.29, 1.82) is 0 Å². The second kappa shape index (κ2) is 3.66. The van der Waals surface area contributed by atoms with Crippen molar-refractivity contribution < 1.29 is 17.9 Å². The second-order valence-corrected chi connectivity index (χ2v) is 3.28. The van der Waals surface area contributed by atoms with Gasteiger partial charge in [0.15, 0.2) is 0 Å². The number of hydrogen-bond acceptors (Lipinski definition) is 2. The van der Waals surface area contributed by atoms with Crippen LogP contribution in [0.4, 0.5) is 13.2 Å². The lowest BCUT2D eigenvalue weighted by molar-refractivity contribution is -0.137. The summed E-state index contributed by atoms with van der Waals surface area (Å²) in [5, 5.41) is 0.440. The van der Waals surface area contributed by atoms with Gasteiger partial charge >= 0.3 is 6.18 Å². The highest BCUT2D eigenvalue weighted by Crippen LogP contribution is 2.31. The van der Waals surface area contributed by atoms with E-state index >= 15 is 0 Å². The molecule has 0 aliphatic carbocycles. The molecule has 1 heterocycles.